The van der Waals surface area contributed by atoms with Crippen molar-refractivity contribution in [1.82, 2.24) is 30.0 Å². The van der Waals surface area contributed by atoms with Crippen LogP contribution in [0.2, 0.25) is 0 Å². The van der Waals surface area contributed by atoms with Gasteiger partial charge in [-0.1, -0.05) is 6.07 Å². The van der Waals surface area contributed by atoms with Gasteiger partial charge in [0.25, 0.3) is 5.91 Å². The molecule has 33 heavy (non-hydrogen) atoms. The van der Waals surface area contributed by atoms with Crippen molar-refractivity contribution in [2.75, 3.05) is 18.9 Å². The molecule has 9 nitrogen and oxygen atoms in total. The van der Waals surface area contributed by atoms with Gasteiger partial charge in [0.1, 0.15) is 17.8 Å². The van der Waals surface area contributed by atoms with Crippen molar-refractivity contribution < 1.29 is 9.53 Å². The lowest BCUT2D eigenvalue weighted by Crippen LogP contribution is -2.25. The van der Waals surface area contributed by atoms with Crippen LogP contribution in [0.4, 0.5) is 5.82 Å². The van der Waals surface area contributed by atoms with Crippen LogP contribution in [0.15, 0.2) is 24.5 Å². The molecule has 1 aliphatic carbocycles. The summed E-state index contributed by atoms with van der Waals surface area (Å²) >= 11 is 0. The molecule has 0 radical (unpaired) electrons. The highest BCUT2D eigenvalue weighted by atomic mass is 16.5. The minimum Gasteiger partial charge on any atom is -0.383 e. The van der Waals surface area contributed by atoms with Crippen LogP contribution in [0, 0.1) is 12.8 Å². The molecule has 4 N–H and O–H groups in total. The molecule has 1 amide bonds. The quantitative estimate of drug-likeness (QED) is 0.433. The number of aromatic amines is 1. The lowest BCUT2D eigenvalue weighted by molar-refractivity contribution is 0.0605. The monoisotopic (exact) mass is 445 g/mol. The van der Waals surface area contributed by atoms with Crippen LogP contribution in [-0.2, 0) is 11.3 Å². The van der Waals surface area contributed by atoms with E-state index in [4.69, 9.17) is 15.6 Å². The Kier molecular flexibility index (Phi) is 4.79. The van der Waals surface area contributed by atoms with Crippen LogP contribution in [0.25, 0.3) is 33.3 Å². The number of hydrogen-bond donors (Lipinski definition) is 3. The number of anilines is 1. The van der Waals surface area contributed by atoms with Crippen molar-refractivity contribution in [3.8, 4) is 11.4 Å². The fourth-order valence-electron chi connectivity index (χ4n) is 4.72. The molecule has 0 spiro atoms. The molecule has 3 aromatic heterocycles. The van der Waals surface area contributed by atoms with E-state index in [-0.39, 0.29) is 5.91 Å². The van der Waals surface area contributed by atoms with E-state index >= 15 is 0 Å². The average Bonchev–Trinajstić information content (AvgIpc) is 3.48. The Morgan fingerprint density at radius 2 is 2.06 bits per heavy atom. The number of nitrogen functional groups attached to an aromatic ring is 1. The van der Waals surface area contributed by atoms with Crippen LogP contribution >= 0.6 is 0 Å². The number of carbonyl (C=O) groups is 1. The molecule has 9 heteroatoms. The number of aryl methyl sites for hydroxylation is 1. The fourth-order valence-corrected chi connectivity index (χ4v) is 4.72. The first-order chi connectivity index (χ1) is 16.1. The second-order valence-corrected chi connectivity index (χ2v) is 9.18. The molecule has 0 bridgehead atoms. The van der Waals surface area contributed by atoms with Gasteiger partial charge >= 0.3 is 0 Å². The molecule has 4 aromatic rings. The molecule has 1 aliphatic heterocycles. The third kappa shape index (κ3) is 3.62. The second-order valence-electron chi connectivity index (χ2n) is 9.18. The molecule has 1 saturated carbocycles. The Bertz CT molecular complexity index is 1360. The third-order valence-corrected chi connectivity index (χ3v) is 6.80. The normalized spacial score (nSPS) is 17.1. The third-order valence-electron chi connectivity index (χ3n) is 6.80. The van der Waals surface area contributed by atoms with E-state index in [0.29, 0.717) is 23.3 Å². The molecule has 170 valence electrons. The summed E-state index contributed by atoms with van der Waals surface area (Å²) in [6, 6.07) is 6.10. The highest BCUT2D eigenvalue weighted by molar-refractivity contribution is 6.03. The molecular formula is C24H27N7O2. The Balaban J connectivity index is 1.43. The van der Waals surface area contributed by atoms with Crippen molar-refractivity contribution >= 4 is 33.7 Å². The number of hydrogen-bond acceptors (Lipinski definition) is 6. The number of fused-ring (bicyclic) bond motifs is 2. The second kappa shape index (κ2) is 7.84. The van der Waals surface area contributed by atoms with Gasteiger partial charge in [0.2, 0.25) is 0 Å². The number of nitrogens with zero attached hydrogens (tertiary/aromatic N) is 4. The van der Waals surface area contributed by atoms with Gasteiger partial charge in [-0.3, -0.25) is 4.79 Å². The summed E-state index contributed by atoms with van der Waals surface area (Å²) in [7, 11) is 0. The minimum atomic E-state index is -0.0305. The van der Waals surface area contributed by atoms with Crippen LogP contribution in [0.3, 0.4) is 0 Å². The van der Waals surface area contributed by atoms with Crippen molar-refractivity contribution in [2.24, 2.45) is 5.92 Å². The minimum absolute atomic E-state index is 0.0305. The molecule has 1 aromatic carbocycles. The van der Waals surface area contributed by atoms with E-state index in [1.54, 1.807) is 0 Å². The zero-order valence-corrected chi connectivity index (χ0v) is 18.6. The Hall–Kier alpha value is -3.46. The summed E-state index contributed by atoms with van der Waals surface area (Å²) in [5.41, 5.74) is 11.3. The summed E-state index contributed by atoms with van der Waals surface area (Å²) in [6.45, 7) is 4.39. The van der Waals surface area contributed by atoms with E-state index in [1.165, 1.54) is 6.33 Å². The summed E-state index contributed by atoms with van der Waals surface area (Å²) < 4.78 is 7.47. The molecule has 2 fully saturated rings. The molecular weight excluding hydrogens is 418 g/mol. The first-order valence-electron chi connectivity index (χ1n) is 11.6. The zero-order valence-electron chi connectivity index (χ0n) is 18.6. The number of nitrogens with one attached hydrogen (secondary N) is 2. The molecule has 4 heterocycles. The number of benzene rings is 1. The van der Waals surface area contributed by atoms with Crippen molar-refractivity contribution in [2.45, 2.75) is 45.2 Å². The topological polar surface area (TPSA) is 124 Å². The maximum absolute atomic E-state index is 12.5. The van der Waals surface area contributed by atoms with Gasteiger partial charge in [-0.15, -0.1) is 0 Å². The highest BCUT2D eigenvalue weighted by Gasteiger charge is 2.25. The largest absolute Gasteiger partial charge is 0.383 e. The molecule has 0 unspecified atom stereocenters. The number of ether oxygens (including phenoxy) is 1. The van der Waals surface area contributed by atoms with Crippen LogP contribution < -0.4 is 11.1 Å². The maximum Gasteiger partial charge on any atom is 0.251 e. The van der Waals surface area contributed by atoms with Crippen LogP contribution in [-0.4, -0.2) is 49.9 Å². The first kappa shape index (κ1) is 20.2. The standard InChI is InChI=1S/C24H27N7O2/c1-13-17-5-2-15(24(32)28-16-3-4-16)10-18(17)29-20(13)21-19-22(25)26-12-27-23(19)31(30-21)11-14-6-8-33-9-7-14/h2,5,10,12,14,16,29H,3-4,6-9,11H2,1H3,(H,28,32)(H2,25,26,27). The van der Waals surface area contributed by atoms with Gasteiger partial charge in [0, 0.05) is 42.3 Å². The number of carbonyl (C=O) groups excluding carboxylic acids is 1. The molecule has 6 rings (SSSR count). The van der Waals surface area contributed by atoms with E-state index in [2.05, 4.69) is 27.2 Å². The number of rotatable bonds is 5. The van der Waals surface area contributed by atoms with Gasteiger partial charge in [0.05, 0.1) is 11.1 Å². The highest BCUT2D eigenvalue weighted by Crippen LogP contribution is 2.35. The summed E-state index contributed by atoms with van der Waals surface area (Å²) in [4.78, 5) is 24.8. The Morgan fingerprint density at radius 1 is 1.24 bits per heavy atom. The zero-order chi connectivity index (χ0) is 22.5. The summed E-state index contributed by atoms with van der Waals surface area (Å²) in [6.07, 6.45) is 5.63. The average molecular weight is 446 g/mol. The van der Waals surface area contributed by atoms with Gasteiger partial charge < -0.3 is 20.8 Å². The van der Waals surface area contributed by atoms with E-state index in [0.717, 1.165) is 84.3 Å². The van der Waals surface area contributed by atoms with E-state index in [9.17, 15) is 4.79 Å². The lowest BCUT2D eigenvalue weighted by Gasteiger charge is -2.21. The maximum atomic E-state index is 12.5. The van der Waals surface area contributed by atoms with E-state index in [1.807, 2.05) is 22.9 Å². The fraction of sp³-hybridized carbons (Fsp3) is 0.417. The first-order valence-corrected chi connectivity index (χ1v) is 11.6. The van der Waals surface area contributed by atoms with Gasteiger partial charge in [0.15, 0.2) is 5.65 Å². The number of aromatic nitrogens is 5. The predicted octanol–water partition coefficient (Wildman–Crippen LogP) is 3.18. The van der Waals surface area contributed by atoms with Gasteiger partial charge in [-0.25, -0.2) is 14.6 Å². The SMILES string of the molecule is Cc1c(-c2nn(CC3CCOCC3)c3ncnc(N)c23)[nH]c2cc(C(=O)NC3CC3)ccc12. The van der Waals surface area contributed by atoms with E-state index < -0.39 is 0 Å². The lowest BCUT2D eigenvalue weighted by atomic mass is 10.0. The van der Waals surface area contributed by atoms with Crippen molar-refractivity contribution in [3.63, 3.8) is 0 Å². The van der Waals surface area contributed by atoms with Crippen molar-refractivity contribution in [1.29, 1.82) is 0 Å². The predicted molar refractivity (Wildman–Crippen MR) is 126 cm³/mol. The molecule has 2 aliphatic rings. The van der Waals surface area contributed by atoms with Gasteiger partial charge in [-0.2, -0.15) is 5.10 Å². The number of nitrogens with two attached hydrogens (primary N) is 1. The van der Waals surface area contributed by atoms with Crippen LogP contribution in [0.5, 0.6) is 0 Å². The smallest absolute Gasteiger partial charge is 0.251 e. The molecule has 1 saturated heterocycles. The Morgan fingerprint density at radius 3 is 2.85 bits per heavy atom. The summed E-state index contributed by atoms with van der Waals surface area (Å²) in [5, 5.41) is 9.82. The number of H-pyrrole nitrogens is 1. The summed E-state index contributed by atoms with van der Waals surface area (Å²) in [5.74, 6) is 0.870. The van der Waals surface area contributed by atoms with Gasteiger partial charge in [-0.05, 0) is 56.2 Å². The van der Waals surface area contributed by atoms with Crippen LogP contribution in [0.1, 0.15) is 41.6 Å². The van der Waals surface area contributed by atoms with Crippen molar-refractivity contribution in [3.05, 3.63) is 35.7 Å². The Labute approximate surface area is 190 Å². The molecule has 0 atom stereocenters. The number of amides is 1.